The Labute approximate surface area is 138 Å². The molecule has 3 aromatic rings. The molecule has 0 fully saturated rings. The molecule has 3 rings (SSSR count). The summed E-state index contributed by atoms with van der Waals surface area (Å²) in [4.78, 5) is 8.54. The third kappa shape index (κ3) is 3.49. The van der Waals surface area contributed by atoms with E-state index in [1.165, 1.54) is 11.3 Å². The molecular weight excluding hydrogens is 334 g/mol. The molecule has 0 spiro atoms. The first-order valence-electron chi connectivity index (χ1n) is 6.90. The van der Waals surface area contributed by atoms with Gasteiger partial charge in [0.2, 0.25) is 10.0 Å². The predicted octanol–water partition coefficient (Wildman–Crippen LogP) is 3.15. The van der Waals surface area contributed by atoms with E-state index in [1.54, 1.807) is 50.6 Å². The largest absolute Gasteiger partial charge is 0.449 e. The van der Waals surface area contributed by atoms with E-state index < -0.39 is 10.0 Å². The number of benzene rings is 1. The van der Waals surface area contributed by atoms with Gasteiger partial charge in [-0.2, -0.15) is 0 Å². The highest BCUT2D eigenvalue weighted by Gasteiger charge is 2.19. The number of hydrogen-bond acceptors (Lipinski definition) is 6. The molecule has 8 heteroatoms. The number of aryl methyl sites for hydroxylation is 1. The summed E-state index contributed by atoms with van der Waals surface area (Å²) in [5.41, 5.74) is 1.48. The zero-order valence-corrected chi connectivity index (χ0v) is 14.2. The lowest BCUT2D eigenvalue weighted by molar-refractivity contribution is 0.521. The van der Waals surface area contributed by atoms with Crippen molar-refractivity contribution in [2.45, 2.75) is 24.8 Å². The molecule has 23 heavy (non-hydrogen) atoms. The molecule has 0 aliphatic heterocycles. The van der Waals surface area contributed by atoms with Crippen molar-refractivity contribution in [2.24, 2.45) is 0 Å². The standard InChI is InChI=1S/C15H15N3O3S2/c1-10(15-16-7-8-22-15)18-23(19,20)13-5-3-12(4-6-13)14-9-21-11(2)17-14/h3-10,18H,1-2H3/t10-/m1/s1. The Bertz CT molecular complexity index is 884. The summed E-state index contributed by atoms with van der Waals surface area (Å²) in [5.74, 6) is 0.565. The average Bonchev–Trinajstić information content (AvgIpc) is 3.18. The Morgan fingerprint density at radius 2 is 2.00 bits per heavy atom. The monoisotopic (exact) mass is 349 g/mol. The van der Waals surface area contributed by atoms with E-state index in [2.05, 4.69) is 14.7 Å². The number of sulfonamides is 1. The zero-order chi connectivity index (χ0) is 16.4. The first-order valence-corrected chi connectivity index (χ1v) is 9.26. The smallest absolute Gasteiger partial charge is 0.241 e. The van der Waals surface area contributed by atoms with E-state index in [-0.39, 0.29) is 10.9 Å². The van der Waals surface area contributed by atoms with Gasteiger partial charge in [-0.3, -0.25) is 0 Å². The summed E-state index contributed by atoms with van der Waals surface area (Å²) in [6.45, 7) is 3.52. The lowest BCUT2D eigenvalue weighted by Crippen LogP contribution is -2.26. The van der Waals surface area contributed by atoms with Crippen molar-refractivity contribution in [1.82, 2.24) is 14.7 Å². The molecule has 120 valence electrons. The van der Waals surface area contributed by atoms with Crippen LogP contribution in [0.2, 0.25) is 0 Å². The number of nitrogens with zero attached hydrogens (tertiary/aromatic N) is 2. The van der Waals surface area contributed by atoms with E-state index >= 15 is 0 Å². The van der Waals surface area contributed by atoms with Crippen LogP contribution in [-0.4, -0.2) is 18.4 Å². The van der Waals surface area contributed by atoms with Gasteiger partial charge in [0, 0.05) is 24.1 Å². The molecule has 6 nitrogen and oxygen atoms in total. The number of rotatable bonds is 5. The molecule has 1 N–H and O–H groups in total. The Hall–Kier alpha value is -2.03. The minimum absolute atomic E-state index is 0.199. The Kier molecular flexibility index (Phi) is 4.29. The highest BCUT2D eigenvalue weighted by Crippen LogP contribution is 2.22. The summed E-state index contributed by atoms with van der Waals surface area (Å²) in [5, 5.41) is 2.54. The third-order valence-corrected chi connectivity index (χ3v) is 5.75. The molecule has 0 amide bonds. The van der Waals surface area contributed by atoms with Gasteiger partial charge < -0.3 is 4.42 Å². The van der Waals surface area contributed by atoms with E-state index in [0.29, 0.717) is 11.6 Å². The minimum Gasteiger partial charge on any atom is -0.449 e. The van der Waals surface area contributed by atoms with Gasteiger partial charge in [-0.1, -0.05) is 12.1 Å². The quantitative estimate of drug-likeness (QED) is 0.765. The van der Waals surface area contributed by atoms with Crippen LogP contribution < -0.4 is 4.72 Å². The second-order valence-corrected chi connectivity index (χ2v) is 7.63. The van der Waals surface area contributed by atoms with Gasteiger partial charge in [-0.15, -0.1) is 11.3 Å². The summed E-state index contributed by atoms with van der Waals surface area (Å²) in [6.07, 6.45) is 3.20. The maximum absolute atomic E-state index is 12.4. The van der Waals surface area contributed by atoms with E-state index in [1.807, 2.05) is 5.38 Å². The average molecular weight is 349 g/mol. The van der Waals surface area contributed by atoms with Crippen molar-refractivity contribution >= 4 is 21.4 Å². The zero-order valence-electron chi connectivity index (χ0n) is 12.6. The van der Waals surface area contributed by atoms with Gasteiger partial charge in [0.05, 0.1) is 10.9 Å². The van der Waals surface area contributed by atoms with Crippen molar-refractivity contribution in [1.29, 1.82) is 0 Å². The maximum Gasteiger partial charge on any atom is 0.241 e. The molecule has 0 aliphatic carbocycles. The molecule has 0 saturated carbocycles. The van der Waals surface area contributed by atoms with Crippen molar-refractivity contribution in [3.63, 3.8) is 0 Å². The highest BCUT2D eigenvalue weighted by atomic mass is 32.2. The van der Waals surface area contributed by atoms with Crippen LogP contribution in [0.25, 0.3) is 11.3 Å². The van der Waals surface area contributed by atoms with Gasteiger partial charge in [-0.25, -0.2) is 23.1 Å². The fourth-order valence-corrected chi connectivity index (χ4v) is 4.03. The maximum atomic E-state index is 12.4. The van der Waals surface area contributed by atoms with Gasteiger partial charge in [0.25, 0.3) is 0 Å². The molecule has 0 unspecified atom stereocenters. The molecule has 1 aromatic carbocycles. The van der Waals surface area contributed by atoms with Gasteiger partial charge in [0.1, 0.15) is 17.0 Å². The molecule has 0 aliphatic rings. The van der Waals surface area contributed by atoms with Gasteiger partial charge in [0.15, 0.2) is 5.89 Å². The molecule has 0 bridgehead atoms. The van der Waals surface area contributed by atoms with Gasteiger partial charge >= 0.3 is 0 Å². The summed E-state index contributed by atoms with van der Waals surface area (Å²) >= 11 is 1.41. The topological polar surface area (TPSA) is 85.1 Å². The third-order valence-electron chi connectivity index (χ3n) is 3.23. The number of thiazole rings is 1. The second-order valence-electron chi connectivity index (χ2n) is 4.99. The van der Waals surface area contributed by atoms with Crippen LogP contribution in [0.3, 0.4) is 0 Å². The Morgan fingerprint density at radius 1 is 1.26 bits per heavy atom. The van der Waals surface area contributed by atoms with E-state index in [9.17, 15) is 8.42 Å². The lowest BCUT2D eigenvalue weighted by atomic mass is 10.2. The van der Waals surface area contributed by atoms with Crippen molar-refractivity contribution in [3.05, 3.63) is 53.0 Å². The van der Waals surface area contributed by atoms with Crippen LogP contribution in [0.5, 0.6) is 0 Å². The second kappa shape index (κ2) is 6.23. The number of nitrogens with one attached hydrogen (secondary N) is 1. The van der Waals surface area contributed by atoms with Crippen molar-refractivity contribution < 1.29 is 12.8 Å². The molecule has 2 aromatic heterocycles. The molecule has 0 radical (unpaired) electrons. The fourth-order valence-electron chi connectivity index (χ4n) is 2.10. The number of hydrogen-bond donors (Lipinski definition) is 1. The fraction of sp³-hybridized carbons (Fsp3) is 0.200. The van der Waals surface area contributed by atoms with Crippen LogP contribution in [0, 0.1) is 6.92 Å². The van der Waals surface area contributed by atoms with Crippen LogP contribution in [0.15, 0.2) is 51.4 Å². The summed E-state index contributed by atoms with van der Waals surface area (Å²) < 4.78 is 32.6. The molecule has 1 atom stereocenters. The lowest BCUT2D eigenvalue weighted by Gasteiger charge is -2.12. The first kappa shape index (κ1) is 15.9. The van der Waals surface area contributed by atoms with Crippen LogP contribution in [0.1, 0.15) is 23.9 Å². The normalized spacial score (nSPS) is 13.1. The van der Waals surface area contributed by atoms with Crippen LogP contribution in [0.4, 0.5) is 0 Å². The van der Waals surface area contributed by atoms with E-state index in [0.717, 1.165) is 10.6 Å². The molecule has 2 heterocycles. The Balaban J connectivity index is 1.80. The molecular formula is C15H15N3O3S2. The first-order chi connectivity index (χ1) is 11.0. The van der Waals surface area contributed by atoms with E-state index in [4.69, 9.17) is 4.42 Å². The van der Waals surface area contributed by atoms with Crippen molar-refractivity contribution in [3.8, 4) is 11.3 Å². The highest BCUT2D eigenvalue weighted by molar-refractivity contribution is 7.89. The van der Waals surface area contributed by atoms with Gasteiger partial charge in [-0.05, 0) is 19.1 Å². The SMILES string of the molecule is Cc1nc(-c2ccc(S(=O)(=O)N[C@H](C)c3nccs3)cc2)co1. The minimum atomic E-state index is -3.61. The van der Waals surface area contributed by atoms with Crippen molar-refractivity contribution in [2.75, 3.05) is 0 Å². The van der Waals surface area contributed by atoms with Crippen LogP contribution in [-0.2, 0) is 10.0 Å². The summed E-state index contributed by atoms with van der Waals surface area (Å²) in [6, 6.07) is 6.14. The predicted molar refractivity (Wildman–Crippen MR) is 87.5 cm³/mol. The Morgan fingerprint density at radius 3 is 2.57 bits per heavy atom. The number of oxazole rings is 1. The molecule has 0 saturated heterocycles. The number of aromatic nitrogens is 2. The summed E-state index contributed by atoms with van der Waals surface area (Å²) in [7, 11) is -3.61. The van der Waals surface area contributed by atoms with Crippen LogP contribution >= 0.6 is 11.3 Å².